The molecule has 1 fully saturated rings. The molecule has 1 aromatic rings. The van der Waals surface area contributed by atoms with Gasteiger partial charge in [-0.3, -0.25) is 4.79 Å². The van der Waals surface area contributed by atoms with Crippen LogP contribution in [0.15, 0.2) is 0 Å². The maximum atomic E-state index is 12.7. The fourth-order valence-electron chi connectivity index (χ4n) is 2.31. The maximum absolute atomic E-state index is 12.7. The van der Waals surface area contributed by atoms with Crippen LogP contribution in [0.1, 0.15) is 32.7 Å². The molecule has 1 saturated heterocycles. The molecule has 2 rings (SSSR count). The van der Waals surface area contributed by atoms with Gasteiger partial charge in [0.2, 0.25) is 0 Å². The summed E-state index contributed by atoms with van der Waals surface area (Å²) in [4.78, 5) is 18.5. The Morgan fingerprint density at radius 2 is 2.36 bits per heavy atom. The SMILES string of the molecule is COCCN(CC(F)F)C(=O)c1sc(C2CCOC2)nc1C. The van der Waals surface area contributed by atoms with Gasteiger partial charge in [0.1, 0.15) is 4.88 Å². The van der Waals surface area contributed by atoms with Gasteiger partial charge < -0.3 is 14.4 Å². The number of alkyl halides is 2. The number of hydrogen-bond acceptors (Lipinski definition) is 5. The molecule has 0 N–H and O–H groups in total. The summed E-state index contributed by atoms with van der Waals surface area (Å²) in [5.41, 5.74) is 0.591. The molecule has 0 aliphatic carbocycles. The van der Waals surface area contributed by atoms with Gasteiger partial charge in [0.25, 0.3) is 12.3 Å². The Bertz CT molecular complexity index is 504. The van der Waals surface area contributed by atoms with Crippen molar-refractivity contribution in [3.05, 3.63) is 15.6 Å². The molecule has 1 unspecified atom stereocenters. The molecule has 2 heterocycles. The Kier molecular flexibility index (Phi) is 6.22. The molecular weight excluding hydrogens is 314 g/mol. The fraction of sp³-hybridized carbons (Fsp3) is 0.714. The number of methoxy groups -OCH3 is 1. The molecule has 1 amide bonds. The minimum atomic E-state index is -2.57. The van der Waals surface area contributed by atoms with E-state index in [2.05, 4.69) is 4.98 Å². The standard InChI is InChI=1S/C14H20F2N2O3S/c1-9-12(22-13(17-9)10-3-5-21-8-10)14(19)18(4-6-20-2)7-11(15)16/h10-11H,3-8H2,1-2H3. The minimum absolute atomic E-state index is 0.138. The van der Waals surface area contributed by atoms with E-state index in [-0.39, 0.29) is 19.1 Å². The third kappa shape index (κ3) is 4.21. The van der Waals surface area contributed by atoms with Crippen LogP contribution in [0.25, 0.3) is 0 Å². The van der Waals surface area contributed by atoms with Crippen molar-refractivity contribution < 1.29 is 23.0 Å². The zero-order valence-corrected chi connectivity index (χ0v) is 13.5. The highest BCUT2D eigenvalue weighted by Gasteiger charge is 2.27. The van der Waals surface area contributed by atoms with Crippen molar-refractivity contribution >= 4 is 17.2 Å². The Morgan fingerprint density at radius 1 is 1.59 bits per heavy atom. The highest BCUT2D eigenvalue weighted by molar-refractivity contribution is 7.13. The topological polar surface area (TPSA) is 51.7 Å². The van der Waals surface area contributed by atoms with Gasteiger partial charge in [-0.05, 0) is 13.3 Å². The molecule has 8 heteroatoms. The largest absolute Gasteiger partial charge is 0.383 e. The summed E-state index contributed by atoms with van der Waals surface area (Å²) in [6.07, 6.45) is -1.69. The van der Waals surface area contributed by atoms with Gasteiger partial charge in [0.15, 0.2) is 0 Å². The van der Waals surface area contributed by atoms with Gasteiger partial charge >= 0.3 is 0 Å². The summed E-state index contributed by atoms with van der Waals surface area (Å²) < 4.78 is 35.6. The predicted molar refractivity (Wildman–Crippen MR) is 78.8 cm³/mol. The highest BCUT2D eigenvalue weighted by Crippen LogP contribution is 2.31. The van der Waals surface area contributed by atoms with Gasteiger partial charge in [-0.15, -0.1) is 11.3 Å². The first-order chi connectivity index (χ1) is 10.5. The molecule has 124 valence electrons. The van der Waals surface area contributed by atoms with Crippen molar-refractivity contribution in [1.29, 1.82) is 0 Å². The van der Waals surface area contributed by atoms with E-state index in [0.29, 0.717) is 23.8 Å². The third-order valence-corrected chi connectivity index (χ3v) is 4.81. The quantitative estimate of drug-likeness (QED) is 0.768. The monoisotopic (exact) mass is 334 g/mol. The molecule has 0 aromatic carbocycles. The zero-order valence-electron chi connectivity index (χ0n) is 12.7. The normalized spacial score (nSPS) is 18.1. The summed E-state index contributed by atoms with van der Waals surface area (Å²) >= 11 is 1.29. The Morgan fingerprint density at radius 3 is 2.95 bits per heavy atom. The number of halogens is 2. The van der Waals surface area contributed by atoms with Crippen LogP contribution in [0.2, 0.25) is 0 Å². The Balaban J connectivity index is 2.14. The minimum Gasteiger partial charge on any atom is -0.383 e. The number of carbonyl (C=O) groups excluding carboxylic acids is 1. The second-order valence-corrected chi connectivity index (χ2v) is 6.19. The molecule has 1 atom stereocenters. The molecule has 0 radical (unpaired) electrons. The van der Waals surface area contributed by atoms with Crippen molar-refractivity contribution in [3.8, 4) is 0 Å². The van der Waals surface area contributed by atoms with Crippen LogP contribution < -0.4 is 0 Å². The van der Waals surface area contributed by atoms with Gasteiger partial charge in [-0.1, -0.05) is 0 Å². The van der Waals surface area contributed by atoms with Crippen LogP contribution in [-0.2, 0) is 9.47 Å². The number of rotatable bonds is 7. The van der Waals surface area contributed by atoms with Crippen LogP contribution >= 0.6 is 11.3 Å². The van der Waals surface area contributed by atoms with E-state index >= 15 is 0 Å². The lowest BCUT2D eigenvalue weighted by atomic mass is 10.1. The summed E-state index contributed by atoms with van der Waals surface area (Å²) in [5.74, 6) is -0.203. The lowest BCUT2D eigenvalue weighted by Crippen LogP contribution is -2.37. The molecular formula is C14H20F2N2O3S. The first-order valence-corrected chi connectivity index (χ1v) is 7.96. The number of thiazole rings is 1. The average Bonchev–Trinajstić information content (AvgIpc) is 3.11. The Labute approximate surface area is 132 Å². The third-order valence-electron chi connectivity index (χ3n) is 3.50. The van der Waals surface area contributed by atoms with E-state index in [0.717, 1.165) is 16.3 Å². The first-order valence-electron chi connectivity index (χ1n) is 7.14. The Hall–Kier alpha value is -1.12. The van der Waals surface area contributed by atoms with E-state index in [1.807, 2.05) is 0 Å². The van der Waals surface area contributed by atoms with E-state index in [1.54, 1.807) is 6.92 Å². The van der Waals surface area contributed by atoms with E-state index in [4.69, 9.17) is 9.47 Å². The molecule has 5 nitrogen and oxygen atoms in total. The molecule has 1 aliphatic rings. The van der Waals surface area contributed by atoms with E-state index in [9.17, 15) is 13.6 Å². The van der Waals surface area contributed by atoms with Gasteiger partial charge in [0.05, 0.1) is 30.5 Å². The van der Waals surface area contributed by atoms with E-state index < -0.39 is 18.9 Å². The summed E-state index contributed by atoms with van der Waals surface area (Å²) in [6, 6.07) is 0. The highest BCUT2D eigenvalue weighted by atomic mass is 32.1. The van der Waals surface area contributed by atoms with Crippen LogP contribution in [-0.4, -0.2) is 62.2 Å². The number of aromatic nitrogens is 1. The van der Waals surface area contributed by atoms with Crippen molar-refractivity contribution in [2.75, 3.05) is 40.0 Å². The van der Waals surface area contributed by atoms with E-state index in [1.165, 1.54) is 18.4 Å². The van der Waals surface area contributed by atoms with Gasteiger partial charge in [-0.2, -0.15) is 0 Å². The van der Waals surface area contributed by atoms with Crippen LogP contribution in [0, 0.1) is 6.92 Å². The maximum Gasteiger partial charge on any atom is 0.266 e. The predicted octanol–water partition coefficient (Wildman–Crippen LogP) is 2.31. The lowest BCUT2D eigenvalue weighted by Gasteiger charge is -2.21. The van der Waals surface area contributed by atoms with Crippen molar-refractivity contribution in [2.45, 2.75) is 25.7 Å². The zero-order chi connectivity index (χ0) is 16.1. The van der Waals surface area contributed by atoms with Crippen molar-refractivity contribution in [2.24, 2.45) is 0 Å². The summed E-state index contributed by atoms with van der Waals surface area (Å²) in [7, 11) is 1.47. The number of hydrogen-bond donors (Lipinski definition) is 0. The van der Waals surface area contributed by atoms with Crippen LogP contribution in [0.4, 0.5) is 8.78 Å². The number of carbonyl (C=O) groups is 1. The summed E-state index contributed by atoms with van der Waals surface area (Å²) in [5, 5.41) is 0.849. The number of aryl methyl sites for hydroxylation is 1. The fourth-order valence-corrected chi connectivity index (χ4v) is 3.46. The molecule has 0 bridgehead atoms. The van der Waals surface area contributed by atoms with Crippen molar-refractivity contribution in [1.82, 2.24) is 9.88 Å². The smallest absolute Gasteiger partial charge is 0.266 e. The molecule has 0 spiro atoms. The lowest BCUT2D eigenvalue weighted by molar-refractivity contribution is 0.0481. The molecule has 0 saturated carbocycles. The number of amides is 1. The van der Waals surface area contributed by atoms with Gasteiger partial charge in [-0.25, -0.2) is 13.8 Å². The molecule has 1 aromatic heterocycles. The van der Waals surface area contributed by atoms with Gasteiger partial charge in [0, 0.05) is 26.2 Å². The second-order valence-electron chi connectivity index (χ2n) is 5.16. The molecule has 1 aliphatic heterocycles. The molecule has 22 heavy (non-hydrogen) atoms. The number of ether oxygens (including phenoxy) is 2. The van der Waals surface area contributed by atoms with Crippen LogP contribution in [0.3, 0.4) is 0 Å². The average molecular weight is 334 g/mol. The van der Waals surface area contributed by atoms with Crippen molar-refractivity contribution in [3.63, 3.8) is 0 Å². The van der Waals surface area contributed by atoms with Crippen LogP contribution in [0.5, 0.6) is 0 Å². The summed E-state index contributed by atoms with van der Waals surface area (Å²) in [6.45, 7) is 2.79. The second kappa shape index (κ2) is 7.94. The first kappa shape index (κ1) is 17.2. The number of nitrogens with zero attached hydrogens (tertiary/aromatic N) is 2.